The van der Waals surface area contributed by atoms with Crippen LogP contribution in [-0.4, -0.2) is 44.4 Å². The van der Waals surface area contributed by atoms with Gasteiger partial charge in [-0.15, -0.1) is 0 Å². The van der Waals surface area contributed by atoms with Gasteiger partial charge in [0.05, 0.1) is 32.4 Å². The molecule has 9 nitrogen and oxygen atoms in total. The Hall–Kier alpha value is -3.32. The molecule has 2 aromatic carbocycles. The van der Waals surface area contributed by atoms with Crippen molar-refractivity contribution in [2.45, 2.75) is 59.3 Å². The molecule has 0 radical (unpaired) electrons. The van der Waals surface area contributed by atoms with E-state index in [2.05, 4.69) is 0 Å². The highest BCUT2D eigenvalue weighted by Gasteiger charge is 2.38. The zero-order valence-electron chi connectivity index (χ0n) is 23.2. The van der Waals surface area contributed by atoms with E-state index in [9.17, 15) is 18.9 Å². The van der Waals surface area contributed by atoms with Crippen molar-refractivity contribution in [1.82, 2.24) is 0 Å². The standard InChI is InChI=1S/C29H39O9P/c1-5-8-19-35-28(31)23-15-10-12-17-25(23)37-39(33,21-22(14-7-3)27(30)34-4)38-26-18-13-11-16-24(26)29(32)36-20-9-6-2/h10-13,15-18,22H,5-9,14,19-21H2,1-4H3. The number of hydrogen-bond acceptors (Lipinski definition) is 9. The minimum absolute atomic E-state index is 0.0227. The number of carbonyl (C=O) groups is 3. The molecule has 0 aliphatic carbocycles. The first-order valence-corrected chi connectivity index (χ1v) is 15.1. The van der Waals surface area contributed by atoms with Crippen molar-refractivity contribution in [3.8, 4) is 11.5 Å². The number of para-hydroxylation sites is 2. The molecule has 2 aromatic rings. The maximum Gasteiger partial charge on any atom is 0.431 e. The number of rotatable bonds is 17. The number of ether oxygens (including phenoxy) is 3. The number of esters is 3. The lowest BCUT2D eigenvalue weighted by Gasteiger charge is -2.25. The monoisotopic (exact) mass is 562 g/mol. The number of methoxy groups -OCH3 is 1. The van der Waals surface area contributed by atoms with Gasteiger partial charge < -0.3 is 23.3 Å². The molecule has 1 atom stereocenters. The van der Waals surface area contributed by atoms with Crippen molar-refractivity contribution >= 4 is 25.5 Å². The van der Waals surface area contributed by atoms with E-state index in [1.807, 2.05) is 20.8 Å². The van der Waals surface area contributed by atoms with Crippen LogP contribution >= 0.6 is 7.60 Å². The minimum Gasteiger partial charge on any atom is -0.469 e. The molecular weight excluding hydrogens is 523 g/mol. The van der Waals surface area contributed by atoms with Crippen LogP contribution in [0.1, 0.15) is 80.0 Å². The molecule has 0 aliphatic heterocycles. The van der Waals surface area contributed by atoms with Crippen molar-refractivity contribution in [1.29, 1.82) is 0 Å². The summed E-state index contributed by atoms with van der Waals surface area (Å²) in [5.74, 6) is -2.69. The van der Waals surface area contributed by atoms with Crippen LogP contribution < -0.4 is 9.05 Å². The Morgan fingerprint density at radius 3 is 1.62 bits per heavy atom. The Balaban J connectivity index is 2.47. The molecule has 214 valence electrons. The van der Waals surface area contributed by atoms with Gasteiger partial charge in [-0.3, -0.25) is 4.79 Å². The maximum atomic E-state index is 14.4. The normalized spacial score (nSPS) is 11.8. The average molecular weight is 563 g/mol. The molecule has 0 spiro atoms. The molecule has 0 bridgehead atoms. The second-order valence-electron chi connectivity index (χ2n) is 8.96. The molecule has 0 amide bonds. The summed E-state index contributed by atoms with van der Waals surface area (Å²) in [7, 11) is -2.98. The lowest BCUT2D eigenvalue weighted by molar-refractivity contribution is -0.145. The Labute approximate surface area is 230 Å². The fourth-order valence-corrected chi connectivity index (χ4v) is 5.64. The molecule has 1 unspecified atom stereocenters. The first-order chi connectivity index (χ1) is 18.8. The second-order valence-corrected chi connectivity index (χ2v) is 10.9. The van der Waals surface area contributed by atoms with Gasteiger partial charge in [-0.1, -0.05) is 64.3 Å². The minimum atomic E-state index is -4.23. The highest BCUT2D eigenvalue weighted by molar-refractivity contribution is 7.54. The van der Waals surface area contributed by atoms with E-state index in [-0.39, 0.29) is 42.0 Å². The highest BCUT2D eigenvalue weighted by Crippen LogP contribution is 2.52. The summed E-state index contributed by atoms with van der Waals surface area (Å²) in [6.45, 7) is 6.29. The number of hydrogen-bond donors (Lipinski definition) is 0. The molecule has 0 heterocycles. The number of carbonyl (C=O) groups excluding carboxylic acids is 3. The van der Waals surface area contributed by atoms with Gasteiger partial charge in [0.25, 0.3) is 0 Å². The summed E-state index contributed by atoms with van der Waals surface area (Å²) in [6.07, 6.45) is 3.72. The third-order valence-corrected chi connectivity index (χ3v) is 7.60. The predicted octanol–water partition coefficient (Wildman–Crippen LogP) is 6.84. The van der Waals surface area contributed by atoms with Crippen molar-refractivity contribution in [3.63, 3.8) is 0 Å². The van der Waals surface area contributed by atoms with E-state index in [0.717, 1.165) is 12.8 Å². The van der Waals surface area contributed by atoms with Crippen molar-refractivity contribution in [3.05, 3.63) is 59.7 Å². The predicted molar refractivity (Wildman–Crippen MR) is 147 cm³/mol. The van der Waals surface area contributed by atoms with E-state index < -0.39 is 31.4 Å². The summed E-state index contributed by atoms with van der Waals surface area (Å²) in [5, 5.41) is 0. The summed E-state index contributed by atoms with van der Waals surface area (Å²) in [6, 6.07) is 12.4. The Morgan fingerprint density at radius 2 is 1.21 bits per heavy atom. The van der Waals surface area contributed by atoms with Crippen molar-refractivity contribution < 1.29 is 42.2 Å². The van der Waals surface area contributed by atoms with Crippen LogP contribution in [0.25, 0.3) is 0 Å². The Kier molecular flexibility index (Phi) is 13.6. The molecule has 0 saturated heterocycles. The Morgan fingerprint density at radius 1 is 0.744 bits per heavy atom. The summed E-state index contributed by atoms with van der Waals surface area (Å²) in [4.78, 5) is 38.1. The van der Waals surface area contributed by atoms with Crippen molar-refractivity contribution in [2.24, 2.45) is 5.92 Å². The summed E-state index contributed by atoms with van der Waals surface area (Å²) >= 11 is 0. The first kappa shape index (κ1) is 31.9. The zero-order valence-corrected chi connectivity index (χ0v) is 24.1. The van der Waals surface area contributed by atoms with Gasteiger partial charge in [0, 0.05) is 0 Å². The van der Waals surface area contributed by atoms with Crippen LogP contribution in [0.3, 0.4) is 0 Å². The summed E-state index contributed by atoms with van der Waals surface area (Å²) in [5.41, 5.74) is 0.129. The fraction of sp³-hybridized carbons (Fsp3) is 0.483. The second kappa shape index (κ2) is 16.6. The quantitative estimate of drug-likeness (QED) is 0.0884. The zero-order chi connectivity index (χ0) is 28.7. The van der Waals surface area contributed by atoms with Gasteiger partial charge in [-0.05, 0) is 43.5 Å². The summed E-state index contributed by atoms with van der Waals surface area (Å²) < 4.78 is 41.8. The van der Waals surface area contributed by atoms with Gasteiger partial charge in [-0.2, -0.15) is 0 Å². The van der Waals surface area contributed by atoms with Crippen molar-refractivity contribution in [2.75, 3.05) is 26.5 Å². The van der Waals surface area contributed by atoms with E-state index in [1.165, 1.54) is 31.4 Å². The average Bonchev–Trinajstić information content (AvgIpc) is 2.93. The van der Waals surface area contributed by atoms with Gasteiger partial charge in [-0.25, -0.2) is 14.2 Å². The third kappa shape index (κ3) is 10.1. The van der Waals surface area contributed by atoms with Crippen LogP contribution in [-0.2, 0) is 23.6 Å². The molecule has 0 saturated carbocycles. The van der Waals surface area contributed by atoms with Crippen LogP contribution in [0.5, 0.6) is 11.5 Å². The molecular formula is C29H39O9P. The van der Waals surface area contributed by atoms with Crippen LogP contribution in [0, 0.1) is 5.92 Å². The molecule has 0 aromatic heterocycles. The third-order valence-electron chi connectivity index (χ3n) is 5.77. The van der Waals surface area contributed by atoms with Gasteiger partial charge in [0.15, 0.2) is 0 Å². The maximum absolute atomic E-state index is 14.4. The van der Waals surface area contributed by atoms with E-state index in [1.54, 1.807) is 24.3 Å². The molecule has 0 aliphatic rings. The highest BCUT2D eigenvalue weighted by atomic mass is 31.2. The molecule has 2 rings (SSSR count). The first-order valence-electron chi connectivity index (χ1n) is 13.4. The molecule has 0 N–H and O–H groups in total. The number of unbranched alkanes of at least 4 members (excludes halogenated alkanes) is 2. The van der Waals surface area contributed by atoms with Crippen LogP contribution in [0.15, 0.2) is 48.5 Å². The van der Waals surface area contributed by atoms with Gasteiger partial charge in [0.2, 0.25) is 0 Å². The van der Waals surface area contributed by atoms with Gasteiger partial charge in [0.1, 0.15) is 22.6 Å². The van der Waals surface area contributed by atoms with E-state index >= 15 is 0 Å². The number of benzene rings is 2. The smallest absolute Gasteiger partial charge is 0.431 e. The molecule has 39 heavy (non-hydrogen) atoms. The fourth-order valence-electron chi connectivity index (χ4n) is 3.67. The molecule has 0 fully saturated rings. The lowest BCUT2D eigenvalue weighted by atomic mass is 10.1. The topological polar surface area (TPSA) is 114 Å². The van der Waals surface area contributed by atoms with Crippen LogP contribution in [0.4, 0.5) is 0 Å². The van der Waals surface area contributed by atoms with Gasteiger partial charge >= 0.3 is 25.5 Å². The largest absolute Gasteiger partial charge is 0.469 e. The molecule has 10 heteroatoms. The Bertz CT molecular complexity index is 1060. The van der Waals surface area contributed by atoms with Crippen LogP contribution in [0.2, 0.25) is 0 Å². The lowest BCUT2D eigenvalue weighted by Crippen LogP contribution is -2.23. The SMILES string of the molecule is CCCCOC(=O)c1ccccc1OP(=O)(CC(CCC)C(=O)OC)Oc1ccccc1C(=O)OCCCC. The van der Waals surface area contributed by atoms with E-state index in [4.69, 9.17) is 23.3 Å². The van der Waals surface area contributed by atoms with E-state index in [0.29, 0.717) is 25.7 Å².